The number of hydrogen-bond acceptors (Lipinski definition) is 4. The van der Waals surface area contributed by atoms with E-state index in [-0.39, 0.29) is 12.2 Å². The lowest BCUT2D eigenvalue weighted by Crippen LogP contribution is -2.15. The van der Waals surface area contributed by atoms with Crippen LogP contribution in [-0.2, 0) is 4.79 Å². The minimum atomic E-state index is -1.04. The van der Waals surface area contributed by atoms with E-state index in [1.807, 2.05) is 0 Å². The molecule has 0 bridgehead atoms. The third kappa shape index (κ3) is 2.81. The molecule has 0 aromatic heterocycles. The number of methoxy groups -OCH3 is 1. The van der Waals surface area contributed by atoms with Gasteiger partial charge in [0, 0.05) is 17.2 Å². The number of rotatable bonds is 4. The quantitative estimate of drug-likeness (QED) is 0.767. The molecule has 1 aromatic rings. The summed E-state index contributed by atoms with van der Waals surface area (Å²) in [4.78, 5) is 10.6. The van der Waals surface area contributed by atoms with Crippen LogP contribution >= 0.6 is 11.6 Å². The Kier molecular flexibility index (Phi) is 4.20. The van der Waals surface area contributed by atoms with E-state index in [0.717, 1.165) is 0 Å². The first-order valence-electron chi connectivity index (χ1n) is 4.91. The van der Waals surface area contributed by atoms with Gasteiger partial charge in [0.2, 0.25) is 0 Å². The van der Waals surface area contributed by atoms with Gasteiger partial charge in [-0.05, 0) is 13.0 Å². The molecule has 4 N–H and O–H groups in total. The minimum Gasteiger partial charge on any atom is -0.507 e. The number of phenols is 1. The number of carboxylic acids is 1. The van der Waals surface area contributed by atoms with E-state index in [1.165, 1.54) is 13.2 Å². The van der Waals surface area contributed by atoms with Crippen LogP contribution in [0.3, 0.4) is 0 Å². The number of nitrogens with two attached hydrogens (primary N) is 1. The van der Waals surface area contributed by atoms with Crippen molar-refractivity contribution in [2.45, 2.75) is 19.4 Å². The predicted molar refractivity (Wildman–Crippen MR) is 63.6 cm³/mol. The van der Waals surface area contributed by atoms with Crippen LogP contribution in [0.1, 0.15) is 23.6 Å². The molecule has 0 fully saturated rings. The summed E-state index contributed by atoms with van der Waals surface area (Å²) in [5.74, 6) is -0.767. The van der Waals surface area contributed by atoms with Crippen LogP contribution in [0.15, 0.2) is 6.07 Å². The first kappa shape index (κ1) is 13.6. The minimum absolute atomic E-state index is 0.0833. The third-order valence-corrected chi connectivity index (χ3v) is 2.75. The highest BCUT2D eigenvalue weighted by Gasteiger charge is 2.20. The van der Waals surface area contributed by atoms with Gasteiger partial charge in [-0.1, -0.05) is 11.6 Å². The zero-order valence-electron chi connectivity index (χ0n) is 9.53. The van der Waals surface area contributed by atoms with Crippen molar-refractivity contribution in [3.63, 3.8) is 0 Å². The lowest BCUT2D eigenvalue weighted by Gasteiger charge is -2.16. The SMILES string of the molecule is COc1c(Cl)cc(C(N)CC(=O)O)c(O)c1C. The Morgan fingerprint density at radius 2 is 2.24 bits per heavy atom. The number of ether oxygens (including phenoxy) is 1. The summed E-state index contributed by atoms with van der Waals surface area (Å²) in [6, 6.07) is 0.616. The third-order valence-electron chi connectivity index (χ3n) is 2.47. The first-order valence-corrected chi connectivity index (χ1v) is 5.29. The van der Waals surface area contributed by atoms with E-state index in [1.54, 1.807) is 6.92 Å². The number of carboxylic acid groups (broad SMARTS) is 1. The maximum absolute atomic E-state index is 10.6. The Hall–Kier alpha value is -1.46. The van der Waals surface area contributed by atoms with Crippen molar-refractivity contribution in [3.8, 4) is 11.5 Å². The molecule has 0 amide bonds. The molecule has 0 spiro atoms. The lowest BCUT2D eigenvalue weighted by molar-refractivity contribution is -0.137. The van der Waals surface area contributed by atoms with Gasteiger partial charge < -0.3 is 20.7 Å². The van der Waals surface area contributed by atoms with Gasteiger partial charge in [-0.2, -0.15) is 0 Å². The summed E-state index contributed by atoms with van der Waals surface area (Å²) < 4.78 is 5.02. The molecule has 0 saturated heterocycles. The largest absolute Gasteiger partial charge is 0.507 e. The van der Waals surface area contributed by atoms with Gasteiger partial charge in [0.25, 0.3) is 0 Å². The van der Waals surface area contributed by atoms with E-state index in [9.17, 15) is 9.90 Å². The van der Waals surface area contributed by atoms with Gasteiger partial charge in [-0.3, -0.25) is 4.79 Å². The van der Waals surface area contributed by atoms with Crippen LogP contribution in [0, 0.1) is 6.92 Å². The second-order valence-corrected chi connectivity index (χ2v) is 4.07. The molecule has 0 radical (unpaired) electrons. The molecule has 1 rings (SSSR count). The van der Waals surface area contributed by atoms with E-state index >= 15 is 0 Å². The molecule has 0 saturated carbocycles. The zero-order valence-corrected chi connectivity index (χ0v) is 10.3. The van der Waals surface area contributed by atoms with E-state index in [2.05, 4.69) is 0 Å². The second kappa shape index (κ2) is 5.25. The van der Waals surface area contributed by atoms with Gasteiger partial charge in [-0.25, -0.2) is 0 Å². The van der Waals surface area contributed by atoms with Crippen molar-refractivity contribution in [3.05, 3.63) is 22.2 Å². The van der Waals surface area contributed by atoms with Crippen molar-refractivity contribution in [1.82, 2.24) is 0 Å². The molecule has 94 valence electrons. The van der Waals surface area contributed by atoms with Crippen LogP contribution < -0.4 is 10.5 Å². The van der Waals surface area contributed by atoms with Crippen molar-refractivity contribution in [2.24, 2.45) is 5.73 Å². The summed E-state index contributed by atoms with van der Waals surface area (Å²) in [7, 11) is 1.44. The molecule has 0 aliphatic carbocycles. The van der Waals surface area contributed by atoms with Gasteiger partial charge in [-0.15, -0.1) is 0 Å². The van der Waals surface area contributed by atoms with Crippen LogP contribution in [0.4, 0.5) is 0 Å². The van der Waals surface area contributed by atoms with Gasteiger partial charge in [0.15, 0.2) is 0 Å². The van der Waals surface area contributed by atoms with E-state index in [4.69, 9.17) is 27.2 Å². The number of phenolic OH excluding ortho intramolecular Hbond substituents is 1. The Balaban J connectivity index is 3.22. The molecule has 0 heterocycles. The van der Waals surface area contributed by atoms with Gasteiger partial charge >= 0.3 is 5.97 Å². The normalized spacial score (nSPS) is 12.2. The Labute approximate surface area is 104 Å². The summed E-state index contributed by atoms with van der Waals surface area (Å²) >= 11 is 5.95. The fourth-order valence-corrected chi connectivity index (χ4v) is 1.94. The molecule has 0 aliphatic rings. The molecule has 17 heavy (non-hydrogen) atoms. The highest BCUT2D eigenvalue weighted by molar-refractivity contribution is 6.32. The van der Waals surface area contributed by atoms with Crippen molar-refractivity contribution < 1.29 is 19.7 Å². The number of halogens is 1. The Bertz CT molecular complexity index is 448. The summed E-state index contributed by atoms with van der Waals surface area (Å²) in [6.45, 7) is 1.62. The monoisotopic (exact) mass is 259 g/mol. The Morgan fingerprint density at radius 3 is 2.71 bits per heavy atom. The smallest absolute Gasteiger partial charge is 0.305 e. The van der Waals surface area contributed by atoms with E-state index < -0.39 is 12.0 Å². The highest BCUT2D eigenvalue weighted by Crippen LogP contribution is 2.39. The standard InChI is InChI=1S/C11H14ClNO4/c1-5-10(16)6(8(13)4-9(14)15)3-7(12)11(5)17-2/h3,8,16H,4,13H2,1-2H3,(H,14,15). The fourth-order valence-electron chi connectivity index (χ4n) is 1.60. The van der Waals surface area contributed by atoms with Gasteiger partial charge in [0.05, 0.1) is 18.6 Å². The number of carbonyl (C=O) groups is 1. The molecular weight excluding hydrogens is 246 g/mol. The molecular formula is C11H14ClNO4. The summed E-state index contributed by atoms with van der Waals surface area (Å²) in [5.41, 5.74) is 6.43. The highest BCUT2D eigenvalue weighted by atomic mass is 35.5. The lowest BCUT2D eigenvalue weighted by atomic mass is 10.00. The van der Waals surface area contributed by atoms with Gasteiger partial charge in [0.1, 0.15) is 11.5 Å². The molecule has 1 aromatic carbocycles. The maximum Gasteiger partial charge on any atom is 0.305 e. The number of aromatic hydroxyl groups is 1. The number of hydrogen-bond donors (Lipinski definition) is 3. The topological polar surface area (TPSA) is 92.8 Å². The summed E-state index contributed by atoms with van der Waals surface area (Å²) in [5, 5.41) is 18.9. The average Bonchev–Trinajstić information content (AvgIpc) is 2.23. The molecule has 0 aliphatic heterocycles. The Morgan fingerprint density at radius 1 is 1.65 bits per heavy atom. The van der Waals surface area contributed by atoms with Crippen LogP contribution in [0.25, 0.3) is 0 Å². The number of aliphatic carboxylic acids is 1. The van der Waals surface area contributed by atoms with Crippen LogP contribution in [-0.4, -0.2) is 23.3 Å². The second-order valence-electron chi connectivity index (χ2n) is 3.66. The molecule has 5 nitrogen and oxygen atoms in total. The number of benzene rings is 1. The summed E-state index contributed by atoms with van der Waals surface area (Å²) in [6.07, 6.45) is -0.282. The maximum atomic E-state index is 10.6. The van der Waals surface area contributed by atoms with Crippen molar-refractivity contribution in [2.75, 3.05) is 7.11 Å². The van der Waals surface area contributed by atoms with Crippen LogP contribution in [0.2, 0.25) is 5.02 Å². The van der Waals surface area contributed by atoms with Crippen molar-refractivity contribution >= 4 is 17.6 Å². The average molecular weight is 260 g/mol. The first-order chi connectivity index (χ1) is 7.88. The molecule has 1 unspecified atom stereocenters. The van der Waals surface area contributed by atoms with Crippen LogP contribution in [0.5, 0.6) is 11.5 Å². The van der Waals surface area contributed by atoms with E-state index in [0.29, 0.717) is 21.9 Å². The molecule has 1 atom stereocenters. The zero-order chi connectivity index (χ0) is 13.2. The fraction of sp³-hybridized carbons (Fsp3) is 0.364. The predicted octanol–water partition coefficient (Wildman–Crippen LogP) is 1.84. The molecule has 6 heteroatoms. The van der Waals surface area contributed by atoms with Crippen molar-refractivity contribution in [1.29, 1.82) is 0 Å².